The van der Waals surface area contributed by atoms with Gasteiger partial charge in [-0.3, -0.25) is 19.7 Å². The Kier molecular flexibility index (Phi) is 5.45. The van der Waals surface area contributed by atoms with Crippen molar-refractivity contribution >= 4 is 17.8 Å². The second-order valence-corrected chi connectivity index (χ2v) is 2.42. The Bertz CT molecular complexity index is 201. The minimum atomic E-state index is -0.968. The maximum absolute atomic E-state index is 10.3. The lowest BCUT2D eigenvalue weighted by Gasteiger charge is -2.07. The van der Waals surface area contributed by atoms with Crippen LogP contribution < -0.4 is 11.1 Å². The van der Waals surface area contributed by atoms with E-state index in [4.69, 9.17) is 5.11 Å². The Morgan fingerprint density at radius 2 is 1.77 bits per heavy atom. The van der Waals surface area contributed by atoms with E-state index in [0.29, 0.717) is 19.3 Å². The summed E-state index contributed by atoms with van der Waals surface area (Å²) < 4.78 is 0. The molecule has 1 heterocycles. The Morgan fingerprint density at radius 3 is 1.92 bits per heavy atom. The first kappa shape index (κ1) is 11.6. The van der Waals surface area contributed by atoms with Crippen molar-refractivity contribution in [2.45, 2.75) is 19.3 Å². The van der Waals surface area contributed by atoms with E-state index in [-0.39, 0.29) is 18.4 Å². The van der Waals surface area contributed by atoms with Gasteiger partial charge in [-0.2, -0.15) is 0 Å². The molecule has 13 heavy (non-hydrogen) atoms. The van der Waals surface area contributed by atoms with E-state index in [2.05, 4.69) is 11.1 Å². The molecule has 0 aliphatic carbocycles. The lowest BCUT2D eigenvalue weighted by atomic mass is 10.1. The Labute approximate surface area is 75.1 Å². The molecule has 0 bridgehead atoms. The van der Waals surface area contributed by atoms with Crippen LogP contribution >= 0.6 is 0 Å². The van der Waals surface area contributed by atoms with Gasteiger partial charge in [-0.15, -0.1) is 0 Å². The fourth-order valence-electron chi connectivity index (χ4n) is 0.690. The fraction of sp³-hybridized carbons (Fsp3) is 0.571. The molecule has 74 valence electrons. The minimum absolute atomic E-state index is 0.138. The number of carbonyl (C=O) groups excluding carboxylic acids is 2. The SMILES string of the molecule is NCC(=O)O.O=C1CCCC(=O)N1. The summed E-state index contributed by atoms with van der Waals surface area (Å²) in [6.07, 6.45) is 1.72. The Morgan fingerprint density at radius 1 is 1.38 bits per heavy atom. The molecule has 4 N–H and O–H groups in total. The van der Waals surface area contributed by atoms with Crippen LogP contribution in [0.1, 0.15) is 19.3 Å². The first-order valence-corrected chi connectivity index (χ1v) is 3.80. The van der Waals surface area contributed by atoms with Crippen molar-refractivity contribution in [3.63, 3.8) is 0 Å². The molecule has 0 radical (unpaired) electrons. The molecular weight excluding hydrogens is 176 g/mol. The molecule has 0 aromatic heterocycles. The fourth-order valence-corrected chi connectivity index (χ4v) is 0.690. The van der Waals surface area contributed by atoms with Gasteiger partial charge in [-0.25, -0.2) is 0 Å². The summed E-state index contributed by atoms with van der Waals surface area (Å²) in [7, 11) is 0. The average molecular weight is 188 g/mol. The molecule has 0 saturated carbocycles. The van der Waals surface area contributed by atoms with Crippen LogP contribution in [0.2, 0.25) is 0 Å². The molecule has 0 spiro atoms. The van der Waals surface area contributed by atoms with Crippen molar-refractivity contribution in [1.29, 1.82) is 0 Å². The molecule has 0 unspecified atom stereocenters. The lowest BCUT2D eigenvalue weighted by molar-refractivity contribution is -0.135. The molecule has 1 saturated heterocycles. The zero-order chi connectivity index (χ0) is 10.3. The molecule has 0 aromatic rings. The number of piperidine rings is 1. The van der Waals surface area contributed by atoms with Crippen molar-refractivity contribution in [2.24, 2.45) is 5.73 Å². The number of nitrogens with one attached hydrogen (secondary N) is 1. The number of carboxylic acids is 1. The zero-order valence-electron chi connectivity index (χ0n) is 7.08. The van der Waals surface area contributed by atoms with Gasteiger partial charge >= 0.3 is 5.97 Å². The zero-order valence-corrected chi connectivity index (χ0v) is 7.08. The molecule has 1 fully saturated rings. The molecule has 1 aliphatic rings. The molecule has 1 aliphatic heterocycles. The van der Waals surface area contributed by atoms with E-state index in [0.717, 1.165) is 0 Å². The third-order valence-corrected chi connectivity index (χ3v) is 1.26. The van der Waals surface area contributed by atoms with Gasteiger partial charge in [0.2, 0.25) is 11.8 Å². The smallest absolute Gasteiger partial charge is 0.317 e. The van der Waals surface area contributed by atoms with Crippen LogP contribution in [0, 0.1) is 0 Å². The number of rotatable bonds is 1. The predicted octanol–water partition coefficient (Wildman–Crippen LogP) is -1.16. The van der Waals surface area contributed by atoms with Gasteiger partial charge in [-0.05, 0) is 6.42 Å². The molecule has 0 aromatic carbocycles. The lowest BCUT2D eigenvalue weighted by Crippen LogP contribution is -2.33. The summed E-state index contributed by atoms with van der Waals surface area (Å²) >= 11 is 0. The van der Waals surface area contributed by atoms with Crippen LogP contribution in [0.4, 0.5) is 0 Å². The third kappa shape index (κ3) is 6.95. The first-order chi connectivity index (χ1) is 6.06. The first-order valence-electron chi connectivity index (χ1n) is 3.80. The summed E-state index contributed by atoms with van der Waals surface area (Å²) in [5, 5.41) is 9.80. The van der Waals surface area contributed by atoms with E-state index in [1.54, 1.807) is 0 Å². The van der Waals surface area contributed by atoms with Crippen molar-refractivity contribution in [2.75, 3.05) is 6.54 Å². The number of hydrogen-bond donors (Lipinski definition) is 3. The van der Waals surface area contributed by atoms with Gasteiger partial charge in [0.05, 0.1) is 6.54 Å². The van der Waals surface area contributed by atoms with E-state index in [1.807, 2.05) is 0 Å². The van der Waals surface area contributed by atoms with Crippen LogP contribution in [0.25, 0.3) is 0 Å². The normalized spacial score (nSPS) is 15.5. The van der Waals surface area contributed by atoms with E-state index in [1.165, 1.54) is 0 Å². The number of hydrogen-bond acceptors (Lipinski definition) is 4. The highest BCUT2D eigenvalue weighted by atomic mass is 16.4. The molecular formula is C7H12N2O4. The summed E-state index contributed by atoms with van der Waals surface area (Å²) in [6, 6.07) is 0. The maximum Gasteiger partial charge on any atom is 0.317 e. The highest BCUT2D eigenvalue weighted by Gasteiger charge is 2.12. The summed E-state index contributed by atoms with van der Waals surface area (Å²) in [5.41, 5.74) is 4.57. The molecule has 2 amide bonds. The van der Waals surface area contributed by atoms with Gasteiger partial charge in [0, 0.05) is 12.8 Å². The summed E-state index contributed by atoms with van der Waals surface area (Å²) in [6.45, 7) is -0.278. The van der Waals surface area contributed by atoms with Crippen LogP contribution in [-0.4, -0.2) is 29.4 Å². The average Bonchev–Trinajstić information content (AvgIpc) is 2.05. The number of carboxylic acid groups (broad SMARTS) is 1. The number of amides is 2. The number of aliphatic carboxylic acids is 1. The van der Waals surface area contributed by atoms with Crippen LogP contribution in [0.15, 0.2) is 0 Å². The molecule has 6 heteroatoms. The second kappa shape index (κ2) is 6.13. The van der Waals surface area contributed by atoms with Crippen LogP contribution in [-0.2, 0) is 14.4 Å². The van der Waals surface area contributed by atoms with Crippen molar-refractivity contribution in [3.05, 3.63) is 0 Å². The summed E-state index contributed by atoms with van der Waals surface area (Å²) in [5.74, 6) is -1.24. The van der Waals surface area contributed by atoms with Crippen molar-refractivity contribution in [1.82, 2.24) is 5.32 Å². The molecule has 0 atom stereocenters. The second-order valence-electron chi connectivity index (χ2n) is 2.42. The highest BCUT2D eigenvalue weighted by Crippen LogP contribution is 2.00. The number of carbonyl (C=O) groups is 3. The topological polar surface area (TPSA) is 109 Å². The van der Waals surface area contributed by atoms with E-state index >= 15 is 0 Å². The third-order valence-electron chi connectivity index (χ3n) is 1.26. The minimum Gasteiger partial charge on any atom is -0.480 e. The van der Waals surface area contributed by atoms with Gasteiger partial charge in [0.1, 0.15) is 0 Å². The summed E-state index contributed by atoms with van der Waals surface area (Å²) in [4.78, 5) is 29.9. The number of imide groups is 1. The van der Waals surface area contributed by atoms with Crippen molar-refractivity contribution in [3.8, 4) is 0 Å². The standard InChI is InChI=1S/C5H7NO2.C2H5NO2/c7-4-2-1-3-5(8)6-4;3-1-2(4)5/h1-3H2,(H,6,7,8);1,3H2,(H,4,5). The Balaban J connectivity index is 0.000000252. The molecule has 6 nitrogen and oxygen atoms in total. The van der Waals surface area contributed by atoms with Gasteiger partial charge in [0.25, 0.3) is 0 Å². The van der Waals surface area contributed by atoms with Crippen LogP contribution in [0.5, 0.6) is 0 Å². The Hall–Kier alpha value is -1.43. The van der Waals surface area contributed by atoms with E-state index < -0.39 is 5.97 Å². The van der Waals surface area contributed by atoms with Gasteiger partial charge in [-0.1, -0.05) is 0 Å². The maximum atomic E-state index is 10.3. The van der Waals surface area contributed by atoms with Crippen LogP contribution in [0.3, 0.4) is 0 Å². The monoisotopic (exact) mass is 188 g/mol. The van der Waals surface area contributed by atoms with Crippen molar-refractivity contribution < 1.29 is 19.5 Å². The quantitative estimate of drug-likeness (QED) is 0.450. The van der Waals surface area contributed by atoms with Gasteiger partial charge in [0.15, 0.2) is 0 Å². The highest BCUT2D eigenvalue weighted by molar-refractivity contribution is 5.97. The van der Waals surface area contributed by atoms with Gasteiger partial charge < -0.3 is 10.8 Å². The largest absolute Gasteiger partial charge is 0.480 e. The predicted molar refractivity (Wildman–Crippen MR) is 43.7 cm³/mol. The molecule has 1 rings (SSSR count). The number of nitrogens with two attached hydrogens (primary N) is 1. The van der Waals surface area contributed by atoms with E-state index in [9.17, 15) is 14.4 Å².